The third-order valence-corrected chi connectivity index (χ3v) is 2.45. The highest BCUT2D eigenvalue weighted by atomic mass is 16.3. The average Bonchev–Trinajstić information content (AvgIpc) is 2.30. The van der Waals surface area contributed by atoms with Gasteiger partial charge >= 0.3 is 0 Å². The number of nitrogens with zero attached hydrogens (tertiary/aromatic N) is 1. The first kappa shape index (κ1) is 9.87. The van der Waals surface area contributed by atoms with Crippen molar-refractivity contribution in [1.29, 1.82) is 0 Å². The number of aliphatic hydroxyl groups is 1. The van der Waals surface area contributed by atoms with E-state index in [9.17, 15) is 0 Å². The van der Waals surface area contributed by atoms with Gasteiger partial charge in [-0.15, -0.1) is 0 Å². The molecule has 0 unspecified atom stereocenters. The largest absolute Gasteiger partial charge is 0.392 e. The molecular weight excluding hydrogens is 186 g/mol. The maximum Gasteiger partial charge on any atom is 0.169 e. The molecule has 0 saturated carbocycles. The number of aromatic nitrogens is 1. The van der Waals surface area contributed by atoms with E-state index >= 15 is 0 Å². The molecule has 2 nitrogen and oxygen atoms in total. The summed E-state index contributed by atoms with van der Waals surface area (Å²) in [6, 6.07) is 12.1. The summed E-state index contributed by atoms with van der Waals surface area (Å²) in [7, 11) is 2.00. The van der Waals surface area contributed by atoms with E-state index < -0.39 is 0 Å². The van der Waals surface area contributed by atoms with Gasteiger partial charge in [-0.3, -0.25) is 0 Å². The SMILES string of the molecule is C[n+]1ccc(-c2ccc(CO)cc2)cc1. The van der Waals surface area contributed by atoms with E-state index in [1.807, 2.05) is 48.3 Å². The van der Waals surface area contributed by atoms with Crippen LogP contribution in [0.5, 0.6) is 0 Å². The lowest BCUT2D eigenvalue weighted by atomic mass is 10.1. The number of hydrogen-bond donors (Lipinski definition) is 1. The molecule has 0 spiro atoms. The summed E-state index contributed by atoms with van der Waals surface area (Å²) >= 11 is 0. The fourth-order valence-electron chi connectivity index (χ4n) is 1.50. The van der Waals surface area contributed by atoms with Crippen molar-refractivity contribution in [1.82, 2.24) is 0 Å². The Labute approximate surface area is 89.4 Å². The molecule has 1 aromatic carbocycles. The van der Waals surface area contributed by atoms with Crippen LogP contribution in [0.2, 0.25) is 0 Å². The van der Waals surface area contributed by atoms with Crippen LogP contribution in [0.3, 0.4) is 0 Å². The fraction of sp³-hybridized carbons (Fsp3) is 0.154. The number of benzene rings is 1. The Morgan fingerprint density at radius 3 is 2.00 bits per heavy atom. The smallest absolute Gasteiger partial charge is 0.169 e. The van der Waals surface area contributed by atoms with Crippen LogP contribution >= 0.6 is 0 Å². The third kappa shape index (κ3) is 2.22. The molecular formula is C13H14NO+. The molecule has 1 N–H and O–H groups in total. The molecule has 0 aliphatic carbocycles. The van der Waals surface area contributed by atoms with Crippen molar-refractivity contribution >= 4 is 0 Å². The van der Waals surface area contributed by atoms with Crippen molar-refractivity contribution in [2.45, 2.75) is 6.61 Å². The lowest BCUT2D eigenvalue weighted by molar-refractivity contribution is -0.671. The zero-order chi connectivity index (χ0) is 10.7. The maximum absolute atomic E-state index is 8.93. The van der Waals surface area contributed by atoms with Gasteiger partial charge in [-0.05, 0) is 16.7 Å². The second-order valence-electron chi connectivity index (χ2n) is 3.61. The van der Waals surface area contributed by atoms with Crippen LogP contribution in [0.4, 0.5) is 0 Å². The predicted molar refractivity (Wildman–Crippen MR) is 59.0 cm³/mol. The molecule has 2 heteroatoms. The first-order valence-corrected chi connectivity index (χ1v) is 4.95. The highest BCUT2D eigenvalue weighted by Crippen LogP contribution is 2.18. The Hall–Kier alpha value is -1.67. The van der Waals surface area contributed by atoms with Gasteiger partial charge in [0, 0.05) is 12.1 Å². The zero-order valence-electron chi connectivity index (χ0n) is 8.72. The van der Waals surface area contributed by atoms with E-state index in [0.29, 0.717) is 0 Å². The van der Waals surface area contributed by atoms with Gasteiger partial charge < -0.3 is 5.11 Å². The predicted octanol–water partition coefficient (Wildman–Crippen LogP) is 1.67. The van der Waals surface area contributed by atoms with Crippen molar-refractivity contribution in [3.8, 4) is 11.1 Å². The number of aryl methyl sites for hydroxylation is 1. The molecule has 1 heterocycles. The molecule has 0 bridgehead atoms. The molecule has 0 fully saturated rings. The van der Waals surface area contributed by atoms with E-state index in [1.165, 1.54) is 11.1 Å². The standard InChI is InChI=1S/C13H14NO/c1-14-8-6-13(7-9-14)12-4-2-11(10-15)3-5-12/h2-9,15H,10H2,1H3/q+1. The molecule has 1 aromatic heterocycles. The Morgan fingerprint density at radius 1 is 0.933 bits per heavy atom. The van der Waals surface area contributed by atoms with E-state index in [-0.39, 0.29) is 6.61 Å². The monoisotopic (exact) mass is 200 g/mol. The lowest BCUT2D eigenvalue weighted by Gasteiger charge is -2.01. The minimum atomic E-state index is 0.101. The van der Waals surface area contributed by atoms with E-state index in [0.717, 1.165) is 5.56 Å². The second-order valence-corrected chi connectivity index (χ2v) is 3.61. The maximum atomic E-state index is 8.93. The Balaban J connectivity index is 2.33. The van der Waals surface area contributed by atoms with Crippen molar-refractivity contribution in [3.63, 3.8) is 0 Å². The Bertz CT molecular complexity index is 431. The van der Waals surface area contributed by atoms with Gasteiger partial charge in [0.25, 0.3) is 0 Å². The second kappa shape index (κ2) is 4.24. The highest BCUT2D eigenvalue weighted by Gasteiger charge is 1.99. The van der Waals surface area contributed by atoms with Crippen LogP contribution in [0.25, 0.3) is 11.1 Å². The molecule has 0 aliphatic rings. The van der Waals surface area contributed by atoms with Gasteiger partial charge in [-0.2, -0.15) is 0 Å². The van der Waals surface area contributed by atoms with Gasteiger partial charge in [-0.25, -0.2) is 4.57 Å². The van der Waals surface area contributed by atoms with Crippen LogP contribution < -0.4 is 4.57 Å². The summed E-state index contributed by atoms with van der Waals surface area (Å²) < 4.78 is 2.01. The summed E-state index contributed by atoms with van der Waals surface area (Å²) in [5, 5.41) is 8.93. The van der Waals surface area contributed by atoms with Crippen LogP contribution in [0.1, 0.15) is 5.56 Å². The van der Waals surface area contributed by atoms with Gasteiger partial charge in [0.1, 0.15) is 7.05 Å². The Morgan fingerprint density at radius 2 is 1.47 bits per heavy atom. The van der Waals surface area contributed by atoms with Crippen LogP contribution in [-0.2, 0) is 13.7 Å². The van der Waals surface area contributed by atoms with Crippen LogP contribution in [0.15, 0.2) is 48.8 Å². The lowest BCUT2D eigenvalue weighted by Crippen LogP contribution is -2.25. The van der Waals surface area contributed by atoms with E-state index in [1.54, 1.807) is 0 Å². The highest BCUT2D eigenvalue weighted by molar-refractivity contribution is 5.62. The van der Waals surface area contributed by atoms with Crippen molar-refractivity contribution < 1.29 is 9.67 Å². The average molecular weight is 200 g/mol. The van der Waals surface area contributed by atoms with Gasteiger partial charge in [-0.1, -0.05) is 24.3 Å². The van der Waals surface area contributed by atoms with Crippen molar-refractivity contribution in [2.75, 3.05) is 0 Å². The Kier molecular flexibility index (Phi) is 2.79. The fourth-order valence-corrected chi connectivity index (χ4v) is 1.50. The number of hydrogen-bond acceptors (Lipinski definition) is 1. The first-order chi connectivity index (χ1) is 7.29. The summed E-state index contributed by atoms with van der Waals surface area (Å²) in [5.74, 6) is 0. The quantitative estimate of drug-likeness (QED) is 0.733. The summed E-state index contributed by atoms with van der Waals surface area (Å²) in [6.07, 6.45) is 4.05. The summed E-state index contributed by atoms with van der Waals surface area (Å²) in [6.45, 7) is 0.101. The third-order valence-electron chi connectivity index (χ3n) is 2.45. The van der Waals surface area contributed by atoms with Crippen LogP contribution in [-0.4, -0.2) is 5.11 Å². The normalized spacial score (nSPS) is 10.3. The zero-order valence-corrected chi connectivity index (χ0v) is 8.72. The summed E-state index contributed by atoms with van der Waals surface area (Å²) in [5.41, 5.74) is 3.31. The summed E-state index contributed by atoms with van der Waals surface area (Å²) in [4.78, 5) is 0. The topological polar surface area (TPSA) is 24.1 Å². The molecule has 0 atom stereocenters. The van der Waals surface area contributed by atoms with Crippen LogP contribution in [0, 0.1) is 0 Å². The molecule has 0 amide bonds. The van der Waals surface area contributed by atoms with E-state index in [4.69, 9.17) is 5.11 Å². The molecule has 76 valence electrons. The first-order valence-electron chi connectivity index (χ1n) is 4.95. The van der Waals surface area contributed by atoms with Gasteiger partial charge in [0.2, 0.25) is 0 Å². The molecule has 0 saturated heterocycles. The number of rotatable bonds is 2. The van der Waals surface area contributed by atoms with Crippen molar-refractivity contribution in [3.05, 3.63) is 54.4 Å². The number of pyridine rings is 1. The number of aliphatic hydroxyl groups excluding tert-OH is 1. The minimum absolute atomic E-state index is 0.101. The van der Waals surface area contributed by atoms with E-state index in [2.05, 4.69) is 12.1 Å². The van der Waals surface area contributed by atoms with Gasteiger partial charge in [0.05, 0.1) is 6.61 Å². The molecule has 2 aromatic rings. The minimum Gasteiger partial charge on any atom is -0.392 e. The molecule has 0 radical (unpaired) electrons. The van der Waals surface area contributed by atoms with Crippen molar-refractivity contribution in [2.24, 2.45) is 7.05 Å². The molecule has 0 aliphatic heterocycles. The molecule has 15 heavy (non-hydrogen) atoms. The molecule has 2 rings (SSSR count). The van der Waals surface area contributed by atoms with Gasteiger partial charge in [0.15, 0.2) is 12.4 Å².